The number of hydrogen-bond donors (Lipinski definition) is 1. The molecule has 1 aromatic rings. The van der Waals surface area contributed by atoms with E-state index in [4.69, 9.17) is 0 Å². The van der Waals surface area contributed by atoms with Crippen LogP contribution in [0.25, 0.3) is 0 Å². The average molecular weight is 248 g/mol. The van der Waals surface area contributed by atoms with Gasteiger partial charge in [0.2, 0.25) is 0 Å². The fourth-order valence-electron chi connectivity index (χ4n) is 2.60. The second-order valence-corrected chi connectivity index (χ2v) is 5.95. The number of aliphatic hydroxyl groups excluding tert-OH is 1. The normalized spacial score (nSPS) is 20.2. The molecule has 1 fully saturated rings. The molecule has 3 nitrogen and oxygen atoms in total. The summed E-state index contributed by atoms with van der Waals surface area (Å²) in [6.45, 7) is 9.81. The van der Waals surface area contributed by atoms with Crippen LogP contribution in [0.15, 0.2) is 18.2 Å². The zero-order valence-corrected chi connectivity index (χ0v) is 11.9. The van der Waals surface area contributed by atoms with Gasteiger partial charge in [-0.05, 0) is 33.9 Å². The lowest BCUT2D eigenvalue weighted by atomic mass is 9.98. The van der Waals surface area contributed by atoms with Crippen LogP contribution in [0, 0.1) is 6.92 Å². The SMILES string of the molecule is Cc1ccc(N2CCN(C)C(C)(C)C2)c(CO)c1. The van der Waals surface area contributed by atoms with Crippen molar-refractivity contribution in [3.8, 4) is 0 Å². The van der Waals surface area contributed by atoms with Gasteiger partial charge in [-0.15, -0.1) is 0 Å². The van der Waals surface area contributed by atoms with Crippen LogP contribution in [0.3, 0.4) is 0 Å². The Hall–Kier alpha value is -1.06. The van der Waals surface area contributed by atoms with Gasteiger partial charge in [0, 0.05) is 36.4 Å². The summed E-state index contributed by atoms with van der Waals surface area (Å²) in [7, 11) is 2.18. The lowest BCUT2D eigenvalue weighted by molar-refractivity contribution is 0.138. The highest BCUT2D eigenvalue weighted by molar-refractivity contribution is 5.55. The van der Waals surface area contributed by atoms with Crippen LogP contribution in [0.4, 0.5) is 5.69 Å². The number of anilines is 1. The van der Waals surface area contributed by atoms with Crippen molar-refractivity contribution in [3.63, 3.8) is 0 Å². The van der Waals surface area contributed by atoms with Gasteiger partial charge in [-0.1, -0.05) is 17.7 Å². The maximum absolute atomic E-state index is 9.52. The molecule has 0 atom stereocenters. The van der Waals surface area contributed by atoms with Crippen LogP contribution in [0.1, 0.15) is 25.0 Å². The third kappa shape index (κ3) is 2.52. The highest BCUT2D eigenvalue weighted by Crippen LogP contribution is 2.27. The highest BCUT2D eigenvalue weighted by Gasteiger charge is 2.31. The van der Waals surface area contributed by atoms with E-state index in [9.17, 15) is 5.11 Å². The maximum atomic E-state index is 9.52. The van der Waals surface area contributed by atoms with Crippen molar-refractivity contribution in [2.75, 3.05) is 31.6 Å². The topological polar surface area (TPSA) is 26.7 Å². The molecule has 3 heteroatoms. The van der Waals surface area contributed by atoms with Crippen molar-refractivity contribution in [2.45, 2.75) is 32.9 Å². The lowest BCUT2D eigenvalue weighted by Crippen LogP contribution is -2.57. The molecule has 1 aliphatic rings. The third-order valence-corrected chi connectivity index (χ3v) is 4.06. The number of likely N-dealkylation sites (N-methyl/N-ethyl adjacent to an activating group) is 1. The molecule has 0 spiro atoms. The molecular weight excluding hydrogens is 224 g/mol. The lowest BCUT2D eigenvalue weighted by Gasteiger charge is -2.46. The minimum Gasteiger partial charge on any atom is -0.392 e. The van der Waals surface area contributed by atoms with Crippen LogP contribution >= 0.6 is 0 Å². The molecule has 1 aliphatic heterocycles. The molecule has 2 rings (SSSR count). The summed E-state index contributed by atoms with van der Waals surface area (Å²) in [6, 6.07) is 6.35. The van der Waals surface area contributed by atoms with E-state index < -0.39 is 0 Å². The van der Waals surface area contributed by atoms with Crippen molar-refractivity contribution >= 4 is 5.69 Å². The van der Waals surface area contributed by atoms with Crippen molar-refractivity contribution in [1.29, 1.82) is 0 Å². The smallest absolute Gasteiger partial charge is 0.0702 e. The quantitative estimate of drug-likeness (QED) is 0.867. The summed E-state index contributed by atoms with van der Waals surface area (Å²) >= 11 is 0. The fourth-order valence-corrected chi connectivity index (χ4v) is 2.60. The molecule has 0 aromatic heterocycles. The molecule has 0 aliphatic carbocycles. The summed E-state index contributed by atoms with van der Waals surface area (Å²) in [5, 5.41) is 9.52. The Kier molecular flexibility index (Phi) is 3.64. The van der Waals surface area contributed by atoms with Crippen LogP contribution in [-0.4, -0.2) is 42.2 Å². The van der Waals surface area contributed by atoms with Gasteiger partial charge in [0.25, 0.3) is 0 Å². The number of benzene rings is 1. The minimum absolute atomic E-state index is 0.115. The Labute approximate surface area is 110 Å². The van der Waals surface area contributed by atoms with E-state index in [0.717, 1.165) is 25.2 Å². The third-order valence-electron chi connectivity index (χ3n) is 4.06. The second kappa shape index (κ2) is 4.90. The summed E-state index contributed by atoms with van der Waals surface area (Å²) in [4.78, 5) is 4.79. The van der Waals surface area contributed by atoms with Crippen molar-refractivity contribution in [3.05, 3.63) is 29.3 Å². The first-order chi connectivity index (χ1) is 8.44. The van der Waals surface area contributed by atoms with Gasteiger partial charge in [0.1, 0.15) is 0 Å². The first kappa shape index (κ1) is 13.4. The number of piperazine rings is 1. The van der Waals surface area contributed by atoms with E-state index in [1.807, 2.05) is 0 Å². The van der Waals surface area contributed by atoms with Gasteiger partial charge in [0.05, 0.1) is 6.61 Å². The van der Waals surface area contributed by atoms with E-state index in [2.05, 4.69) is 55.8 Å². The summed E-state index contributed by atoms with van der Waals surface area (Å²) in [5.41, 5.74) is 3.60. The fraction of sp³-hybridized carbons (Fsp3) is 0.600. The average Bonchev–Trinajstić information content (AvgIpc) is 2.32. The molecule has 0 amide bonds. The number of aryl methyl sites for hydroxylation is 1. The summed E-state index contributed by atoms with van der Waals surface area (Å²) in [5.74, 6) is 0. The second-order valence-electron chi connectivity index (χ2n) is 5.95. The standard InChI is InChI=1S/C15H24N2O/c1-12-5-6-14(13(9-12)10-18)17-8-7-16(4)15(2,3)11-17/h5-6,9,18H,7-8,10-11H2,1-4H3. The van der Waals surface area contributed by atoms with Crippen molar-refractivity contribution in [1.82, 2.24) is 4.90 Å². The van der Waals surface area contributed by atoms with Crippen molar-refractivity contribution in [2.24, 2.45) is 0 Å². The Morgan fingerprint density at radius 3 is 2.61 bits per heavy atom. The van der Waals surface area contributed by atoms with Gasteiger partial charge in [-0.3, -0.25) is 4.90 Å². The van der Waals surface area contributed by atoms with E-state index in [1.54, 1.807) is 0 Å². The molecule has 0 bridgehead atoms. The minimum atomic E-state index is 0.115. The van der Waals surface area contributed by atoms with Crippen molar-refractivity contribution < 1.29 is 5.11 Å². The zero-order chi connectivity index (χ0) is 13.3. The zero-order valence-electron chi connectivity index (χ0n) is 11.9. The van der Waals surface area contributed by atoms with Gasteiger partial charge in [-0.2, -0.15) is 0 Å². The number of aliphatic hydroxyl groups is 1. The van der Waals surface area contributed by atoms with E-state index in [-0.39, 0.29) is 12.1 Å². The molecule has 18 heavy (non-hydrogen) atoms. The number of rotatable bonds is 2. The highest BCUT2D eigenvalue weighted by atomic mass is 16.3. The Balaban J connectivity index is 2.27. The molecule has 0 saturated carbocycles. The number of nitrogens with zero attached hydrogens (tertiary/aromatic N) is 2. The molecule has 1 N–H and O–H groups in total. The van der Waals surface area contributed by atoms with E-state index in [1.165, 1.54) is 11.3 Å². The van der Waals surface area contributed by atoms with Gasteiger partial charge >= 0.3 is 0 Å². The number of hydrogen-bond acceptors (Lipinski definition) is 3. The summed E-state index contributed by atoms with van der Waals surface area (Å²) in [6.07, 6.45) is 0. The molecule has 100 valence electrons. The van der Waals surface area contributed by atoms with E-state index >= 15 is 0 Å². The van der Waals surface area contributed by atoms with Gasteiger partial charge < -0.3 is 10.0 Å². The largest absolute Gasteiger partial charge is 0.392 e. The van der Waals surface area contributed by atoms with Crippen LogP contribution in [-0.2, 0) is 6.61 Å². The molecular formula is C15H24N2O. The first-order valence-electron chi connectivity index (χ1n) is 6.60. The Morgan fingerprint density at radius 2 is 2.00 bits per heavy atom. The molecule has 1 aromatic carbocycles. The van der Waals surface area contributed by atoms with Crippen LogP contribution < -0.4 is 4.90 Å². The maximum Gasteiger partial charge on any atom is 0.0702 e. The van der Waals surface area contributed by atoms with E-state index in [0.29, 0.717) is 0 Å². The first-order valence-corrected chi connectivity index (χ1v) is 6.60. The molecule has 0 radical (unpaired) electrons. The van der Waals surface area contributed by atoms with Gasteiger partial charge in [-0.25, -0.2) is 0 Å². The monoisotopic (exact) mass is 248 g/mol. The summed E-state index contributed by atoms with van der Waals surface area (Å²) < 4.78 is 0. The van der Waals surface area contributed by atoms with Crippen LogP contribution in [0.2, 0.25) is 0 Å². The molecule has 1 saturated heterocycles. The Bertz CT molecular complexity index is 429. The molecule has 0 unspecified atom stereocenters. The molecule has 1 heterocycles. The predicted molar refractivity (Wildman–Crippen MR) is 76.0 cm³/mol. The van der Waals surface area contributed by atoms with Gasteiger partial charge in [0.15, 0.2) is 0 Å². The Morgan fingerprint density at radius 1 is 1.28 bits per heavy atom. The van der Waals surface area contributed by atoms with Crippen LogP contribution in [0.5, 0.6) is 0 Å². The predicted octanol–water partition coefficient (Wildman–Crippen LogP) is 2.02.